The van der Waals surface area contributed by atoms with Crippen LogP contribution in [0.15, 0.2) is 67.1 Å². The van der Waals surface area contributed by atoms with Crippen molar-refractivity contribution in [1.29, 1.82) is 0 Å². The van der Waals surface area contributed by atoms with Crippen LogP contribution in [0.2, 0.25) is 0 Å². The van der Waals surface area contributed by atoms with Crippen LogP contribution in [0.1, 0.15) is 12.6 Å². The molecule has 30 heavy (non-hydrogen) atoms. The third kappa shape index (κ3) is 3.08. The summed E-state index contributed by atoms with van der Waals surface area (Å²) in [5, 5.41) is 14.3. The number of imidazole rings is 1. The van der Waals surface area contributed by atoms with E-state index in [1.165, 1.54) is 0 Å². The zero-order valence-electron chi connectivity index (χ0n) is 16.7. The topological polar surface area (TPSA) is 87.9 Å². The summed E-state index contributed by atoms with van der Waals surface area (Å²) in [6.45, 7) is 2.11. The summed E-state index contributed by atoms with van der Waals surface area (Å²) in [6.07, 6.45) is 4.45. The van der Waals surface area contributed by atoms with E-state index >= 15 is 0 Å². The summed E-state index contributed by atoms with van der Waals surface area (Å²) < 4.78 is 2.00. The number of benzene rings is 2. The van der Waals surface area contributed by atoms with E-state index in [0.717, 1.165) is 46.0 Å². The Morgan fingerprint density at radius 2 is 1.83 bits per heavy atom. The van der Waals surface area contributed by atoms with Crippen LogP contribution in [0.5, 0.6) is 0 Å². The highest BCUT2D eigenvalue weighted by Gasteiger charge is 2.13. The number of nitrogens with one attached hydrogen (secondary N) is 1. The molecule has 0 aliphatic heterocycles. The van der Waals surface area contributed by atoms with Crippen molar-refractivity contribution in [2.75, 3.05) is 11.9 Å². The fourth-order valence-electron chi connectivity index (χ4n) is 3.60. The van der Waals surface area contributed by atoms with E-state index in [0.29, 0.717) is 5.82 Å². The molecule has 0 radical (unpaired) electrons. The maximum absolute atomic E-state index is 4.63. The molecule has 8 nitrogen and oxygen atoms in total. The van der Waals surface area contributed by atoms with E-state index in [1.54, 1.807) is 12.5 Å². The molecule has 5 rings (SSSR count). The second-order valence-electron chi connectivity index (χ2n) is 6.98. The molecule has 0 bridgehead atoms. The summed E-state index contributed by atoms with van der Waals surface area (Å²) in [7, 11) is 2.05. The lowest BCUT2D eigenvalue weighted by atomic mass is 9.99. The van der Waals surface area contributed by atoms with Gasteiger partial charge in [0.25, 0.3) is 0 Å². The maximum atomic E-state index is 4.63. The average Bonchev–Trinajstić information content (AvgIpc) is 3.50. The van der Waals surface area contributed by atoms with Gasteiger partial charge in [0.2, 0.25) is 0 Å². The minimum atomic E-state index is 0.651. The molecule has 2 aromatic carbocycles. The van der Waals surface area contributed by atoms with Crippen molar-refractivity contribution < 1.29 is 0 Å². The molecule has 0 fully saturated rings. The Morgan fingerprint density at radius 3 is 2.57 bits per heavy atom. The average molecular weight is 396 g/mol. The number of aryl methyl sites for hydroxylation is 1. The van der Waals surface area contributed by atoms with Gasteiger partial charge in [-0.2, -0.15) is 0 Å². The molecule has 0 aliphatic carbocycles. The number of aromatic nitrogens is 7. The van der Waals surface area contributed by atoms with E-state index in [-0.39, 0.29) is 0 Å². The lowest BCUT2D eigenvalue weighted by Crippen LogP contribution is -2.14. The molecule has 148 valence electrons. The first-order chi connectivity index (χ1) is 14.7. The van der Waals surface area contributed by atoms with Crippen molar-refractivity contribution in [3.63, 3.8) is 0 Å². The van der Waals surface area contributed by atoms with Crippen LogP contribution < -0.4 is 4.90 Å². The van der Waals surface area contributed by atoms with Gasteiger partial charge >= 0.3 is 0 Å². The Labute approximate surface area is 173 Å². The standard InChI is InChI=1S/C22H20N8/c1-3-16-12-21(30-14-23-13-20(30)24-16)29(2)17-10-8-15(9-11-17)18-6-4-5-7-19(18)22-25-27-28-26-22/h4-14H,3H2,1-2H3,(H,25,26,27,28). The molecule has 0 unspecified atom stereocenters. The number of nitrogens with zero attached hydrogens (tertiary/aromatic N) is 7. The lowest BCUT2D eigenvalue weighted by Gasteiger charge is -2.22. The number of tetrazole rings is 1. The van der Waals surface area contributed by atoms with Crippen LogP contribution in [0.25, 0.3) is 28.2 Å². The van der Waals surface area contributed by atoms with Crippen LogP contribution in [-0.4, -0.2) is 42.0 Å². The molecule has 0 amide bonds. The number of anilines is 2. The maximum Gasteiger partial charge on any atom is 0.180 e. The summed E-state index contributed by atoms with van der Waals surface area (Å²) >= 11 is 0. The van der Waals surface area contributed by atoms with Gasteiger partial charge in [-0.15, -0.1) is 5.10 Å². The molecule has 3 heterocycles. The highest BCUT2D eigenvalue weighted by molar-refractivity contribution is 5.81. The Kier molecular flexibility index (Phi) is 4.44. The van der Waals surface area contributed by atoms with Crippen LogP contribution in [0.4, 0.5) is 11.5 Å². The van der Waals surface area contributed by atoms with Gasteiger partial charge in [-0.05, 0) is 40.1 Å². The second kappa shape index (κ2) is 7.40. The van der Waals surface area contributed by atoms with Crippen molar-refractivity contribution in [1.82, 2.24) is 35.0 Å². The van der Waals surface area contributed by atoms with Crippen LogP contribution in [0, 0.1) is 0 Å². The van der Waals surface area contributed by atoms with Crippen molar-refractivity contribution in [2.45, 2.75) is 13.3 Å². The first-order valence-electron chi connectivity index (χ1n) is 9.74. The number of hydrogen-bond acceptors (Lipinski definition) is 6. The van der Waals surface area contributed by atoms with Crippen molar-refractivity contribution in [3.05, 3.63) is 72.8 Å². The Balaban J connectivity index is 1.52. The molecular weight excluding hydrogens is 376 g/mol. The molecule has 1 N–H and O–H groups in total. The summed E-state index contributed by atoms with van der Waals surface area (Å²) in [4.78, 5) is 11.0. The van der Waals surface area contributed by atoms with Gasteiger partial charge in [0.05, 0.1) is 6.20 Å². The SMILES string of the molecule is CCc1cc(N(C)c2ccc(-c3ccccc3-c3nnn[nH]3)cc2)n2cncc2n1. The number of fused-ring (bicyclic) bond motifs is 1. The second-order valence-corrected chi connectivity index (χ2v) is 6.98. The first kappa shape index (κ1) is 18.0. The van der Waals surface area contributed by atoms with E-state index in [1.807, 2.05) is 22.6 Å². The first-order valence-corrected chi connectivity index (χ1v) is 9.74. The predicted molar refractivity (Wildman–Crippen MR) is 115 cm³/mol. The monoisotopic (exact) mass is 396 g/mol. The Morgan fingerprint density at radius 1 is 1.03 bits per heavy atom. The van der Waals surface area contributed by atoms with E-state index in [2.05, 4.69) is 85.9 Å². The van der Waals surface area contributed by atoms with Crippen molar-refractivity contribution >= 4 is 17.2 Å². The van der Waals surface area contributed by atoms with Gasteiger partial charge in [0, 0.05) is 30.1 Å². The van der Waals surface area contributed by atoms with Crippen molar-refractivity contribution in [3.8, 4) is 22.5 Å². The van der Waals surface area contributed by atoms with Crippen LogP contribution in [0.3, 0.4) is 0 Å². The zero-order valence-corrected chi connectivity index (χ0v) is 16.7. The van der Waals surface area contributed by atoms with Gasteiger partial charge in [0.1, 0.15) is 12.1 Å². The van der Waals surface area contributed by atoms with E-state index in [9.17, 15) is 0 Å². The van der Waals surface area contributed by atoms with Gasteiger partial charge in [-0.3, -0.25) is 4.40 Å². The quantitative estimate of drug-likeness (QED) is 0.485. The minimum Gasteiger partial charge on any atom is -0.330 e. The third-order valence-corrected chi connectivity index (χ3v) is 5.22. The molecule has 0 spiro atoms. The van der Waals surface area contributed by atoms with Crippen LogP contribution in [-0.2, 0) is 6.42 Å². The molecule has 0 saturated carbocycles. The van der Waals surface area contributed by atoms with Gasteiger partial charge in [-0.25, -0.2) is 15.1 Å². The number of aromatic amines is 1. The number of H-pyrrole nitrogens is 1. The van der Waals surface area contributed by atoms with Gasteiger partial charge in [0.15, 0.2) is 11.5 Å². The number of hydrogen-bond donors (Lipinski definition) is 1. The molecule has 5 aromatic rings. The predicted octanol–water partition coefficient (Wildman–Crippen LogP) is 3.91. The van der Waals surface area contributed by atoms with Gasteiger partial charge in [-0.1, -0.05) is 43.3 Å². The minimum absolute atomic E-state index is 0.651. The zero-order chi connectivity index (χ0) is 20.5. The lowest BCUT2D eigenvalue weighted by molar-refractivity contribution is 0.881. The summed E-state index contributed by atoms with van der Waals surface area (Å²) in [6, 6.07) is 18.6. The highest BCUT2D eigenvalue weighted by atomic mass is 15.5. The molecule has 0 atom stereocenters. The Hall–Kier alpha value is -4.07. The van der Waals surface area contributed by atoms with E-state index in [4.69, 9.17) is 0 Å². The van der Waals surface area contributed by atoms with Crippen LogP contribution >= 0.6 is 0 Å². The fraction of sp³-hybridized carbons (Fsp3) is 0.136. The largest absolute Gasteiger partial charge is 0.330 e. The summed E-state index contributed by atoms with van der Waals surface area (Å²) in [5.41, 5.74) is 6.08. The normalized spacial score (nSPS) is 11.1. The molecule has 0 aliphatic rings. The van der Waals surface area contributed by atoms with Gasteiger partial charge < -0.3 is 4.90 Å². The van der Waals surface area contributed by atoms with E-state index < -0.39 is 0 Å². The number of rotatable bonds is 5. The highest BCUT2D eigenvalue weighted by Crippen LogP contribution is 2.32. The van der Waals surface area contributed by atoms with Crippen molar-refractivity contribution in [2.24, 2.45) is 0 Å². The molecule has 3 aromatic heterocycles. The fourth-order valence-corrected chi connectivity index (χ4v) is 3.60. The summed E-state index contributed by atoms with van der Waals surface area (Å²) in [5.74, 6) is 1.67. The Bertz CT molecular complexity index is 1290. The third-order valence-electron chi connectivity index (χ3n) is 5.22. The smallest absolute Gasteiger partial charge is 0.180 e. The molecule has 8 heteroatoms. The molecule has 0 saturated heterocycles. The molecular formula is C22H20N8.